The topological polar surface area (TPSA) is 98.0 Å². The summed E-state index contributed by atoms with van der Waals surface area (Å²) in [4.78, 5) is 8.23. The Bertz CT molecular complexity index is 1040. The van der Waals surface area contributed by atoms with Crippen LogP contribution in [0.3, 0.4) is 0 Å². The van der Waals surface area contributed by atoms with Crippen molar-refractivity contribution in [2.45, 2.75) is 11.9 Å². The number of sulfonamides is 1. The van der Waals surface area contributed by atoms with Gasteiger partial charge >= 0.3 is 0 Å². The molecule has 3 aromatic rings. The number of nitrogens with two attached hydrogens (primary N) is 1. The van der Waals surface area contributed by atoms with E-state index in [1.54, 1.807) is 18.2 Å². The molecule has 2 heterocycles. The number of halogens is 1. The zero-order chi connectivity index (χ0) is 18.0. The predicted molar refractivity (Wildman–Crippen MR) is 98.9 cm³/mol. The van der Waals surface area contributed by atoms with Gasteiger partial charge < -0.3 is 5.73 Å². The number of nitrogen functional groups attached to an aromatic ring is 1. The summed E-state index contributed by atoms with van der Waals surface area (Å²) in [5.74, 6) is 0.293. The Hall–Kier alpha value is -2.64. The molecule has 8 heteroatoms. The Balaban J connectivity index is 2.00. The number of hydrogen-bond donors (Lipinski definition) is 2. The number of rotatable bonds is 4. The van der Waals surface area contributed by atoms with Crippen LogP contribution in [0.25, 0.3) is 11.3 Å². The summed E-state index contributed by atoms with van der Waals surface area (Å²) in [6.07, 6.45) is 0. The van der Waals surface area contributed by atoms with Crippen molar-refractivity contribution in [2.75, 3.05) is 10.5 Å². The highest BCUT2D eigenvalue weighted by Crippen LogP contribution is 2.29. The minimum Gasteiger partial charge on any atom is -0.384 e. The Kier molecular flexibility index (Phi) is 4.61. The van der Waals surface area contributed by atoms with Crippen molar-refractivity contribution in [3.05, 3.63) is 65.2 Å². The highest BCUT2D eigenvalue weighted by atomic mass is 35.5. The normalized spacial score (nSPS) is 11.3. The maximum Gasteiger partial charge on any atom is 0.280 e. The number of anilines is 2. The van der Waals surface area contributed by atoms with Gasteiger partial charge in [-0.25, -0.2) is 9.97 Å². The van der Waals surface area contributed by atoms with Gasteiger partial charge in [-0.05, 0) is 36.8 Å². The summed E-state index contributed by atoms with van der Waals surface area (Å²) in [6.45, 7) is 1.88. The van der Waals surface area contributed by atoms with E-state index in [-0.39, 0.29) is 16.7 Å². The monoisotopic (exact) mass is 374 g/mol. The molecule has 0 aliphatic rings. The molecule has 0 atom stereocenters. The van der Waals surface area contributed by atoms with Crippen LogP contribution in [0.5, 0.6) is 0 Å². The van der Waals surface area contributed by atoms with Crippen LogP contribution in [-0.4, -0.2) is 18.4 Å². The zero-order valence-electron chi connectivity index (χ0n) is 13.3. The molecule has 0 saturated carbocycles. The van der Waals surface area contributed by atoms with E-state index in [4.69, 9.17) is 17.3 Å². The average molecular weight is 375 g/mol. The van der Waals surface area contributed by atoms with Crippen LogP contribution < -0.4 is 10.5 Å². The lowest BCUT2D eigenvalue weighted by molar-refractivity contribution is 0.597. The number of pyridine rings is 2. The largest absolute Gasteiger partial charge is 0.384 e. The predicted octanol–water partition coefficient (Wildman–Crippen LogP) is 3.49. The first-order valence-electron chi connectivity index (χ1n) is 7.35. The van der Waals surface area contributed by atoms with Gasteiger partial charge in [0.15, 0.2) is 5.03 Å². The molecule has 0 amide bonds. The first-order valence-corrected chi connectivity index (χ1v) is 9.21. The van der Waals surface area contributed by atoms with Crippen LogP contribution in [0.2, 0.25) is 5.02 Å². The molecule has 25 heavy (non-hydrogen) atoms. The number of hydrogen-bond acceptors (Lipinski definition) is 5. The van der Waals surface area contributed by atoms with E-state index in [1.807, 2.05) is 25.1 Å². The first kappa shape index (κ1) is 17.2. The molecule has 0 aliphatic carbocycles. The maximum atomic E-state index is 12.5. The summed E-state index contributed by atoms with van der Waals surface area (Å²) < 4.78 is 27.3. The van der Waals surface area contributed by atoms with E-state index in [9.17, 15) is 8.42 Å². The number of aromatic nitrogens is 2. The molecule has 3 N–H and O–H groups in total. The number of nitrogens with zero attached hydrogens (tertiary/aromatic N) is 2. The lowest BCUT2D eigenvalue weighted by Crippen LogP contribution is -2.16. The highest BCUT2D eigenvalue weighted by molar-refractivity contribution is 7.92. The van der Waals surface area contributed by atoms with E-state index in [0.717, 1.165) is 11.1 Å². The molecule has 0 bridgehead atoms. The minimum atomic E-state index is -3.89. The standard InChI is InChI=1S/C17H15ClN4O2S/c1-11-9-10-15(21-17(11)12-5-2-3-6-13(12)18)22-25(23,24)16-8-4-7-14(19)20-16/h2-10H,1H3,(H2,19,20)(H,21,22). The van der Waals surface area contributed by atoms with Crippen LogP contribution in [-0.2, 0) is 10.0 Å². The molecule has 0 spiro atoms. The van der Waals surface area contributed by atoms with E-state index >= 15 is 0 Å². The lowest BCUT2D eigenvalue weighted by Gasteiger charge is -2.11. The first-order chi connectivity index (χ1) is 11.9. The van der Waals surface area contributed by atoms with Gasteiger partial charge in [-0.2, -0.15) is 8.42 Å². The van der Waals surface area contributed by atoms with Gasteiger partial charge in [0.05, 0.1) is 5.69 Å². The van der Waals surface area contributed by atoms with Crippen molar-refractivity contribution < 1.29 is 8.42 Å². The van der Waals surface area contributed by atoms with Crippen molar-refractivity contribution in [1.29, 1.82) is 0 Å². The van der Waals surface area contributed by atoms with Crippen LogP contribution in [0.1, 0.15) is 5.56 Å². The van der Waals surface area contributed by atoms with Crippen molar-refractivity contribution in [3.8, 4) is 11.3 Å². The number of aryl methyl sites for hydroxylation is 1. The quantitative estimate of drug-likeness (QED) is 0.728. The highest BCUT2D eigenvalue weighted by Gasteiger charge is 2.18. The molecule has 3 rings (SSSR count). The molecule has 0 unspecified atom stereocenters. The maximum absolute atomic E-state index is 12.5. The molecule has 2 aromatic heterocycles. The van der Waals surface area contributed by atoms with Crippen molar-refractivity contribution in [3.63, 3.8) is 0 Å². The second-order valence-electron chi connectivity index (χ2n) is 5.35. The number of benzene rings is 1. The van der Waals surface area contributed by atoms with Crippen molar-refractivity contribution in [1.82, 2.24) is 9.97 Å². The zero-order valence-corrected chi connectivity index (χ0v) is 14.8. The van der Waals surface area contributed by atoms with Gasteiger partial charge in [0.2, 0.25) is 0 Å². The average Bonchev–Trinajstić information content (AvgIpc) is 2.57. The fraction of sp³-hybridized carbons (Fsp3) is 0.0588. The Morgan fingerprint density at radius 2 is 1.76 bits per heavy atom. The van der Waals surface area contributed by atoms with Crippen LogP contribution >= 0.6 is 11.6 Å². The fourth-order valence-electron chi connectivity index (χ4n) is 2.28. The summed E-state index contributed by atoms with van der Waals surface area (Å²) in [7, 11) is -3.89. The second-order valence-corrected chi connectivity index (χ2v) is 7.38. The second kappa shape index (κ2) is 6.70. The molecular weight excluding hydrogens is 360 g/mol. The molecule has 0 aliphatic heterocycles. The van der Waals surface area contributed by atoms with E-state index in [2.05, 4.69) is 14.7 Å². The fourth-order valence-corrected chi connectivity index (χ4v) is 3.48. The van der Waals surface area contributed by atoms with Gasteiger partial charge in [0.25, 0.3) is 10.0 Å². The molecule has 0 radical (unpaired) electrons. The van der Waals surface area contributed by atoms with Crippen LogP contribution in [0, 0.1) is 6.92 Å². The van der Waals surface area contributed by atoms with E-state index in [1.165, 1.54) is 18.2 Å². The Morgan fingerprint density at radius 3 is 2.48 bits per heavy atom. The Morgan fingerprint density at radius 1 is 1.00 bits per heavy atom. The van der Waals surface area contributed by atoms with Gasteiger partial charge in [0, 0.05) is 10.6 Å². The minimum absolute atomic E-state index is 0.122. The number of nitrogens with one attached hydrogen (secondary N) is 1. The lowest BCUT2D eigenvalue weighted by atomic mass is 10.1. The molecule has 1 aromatic carbocycles. The van der Waals surface area contributed by atoms with Gasteiger partial charge in [-0.3, -0.25) is 4.72 Å². The van der Waals surface area contributed by atoms with E-state index in [0.29, 0.717) is 10.7 Å². The molecular formula is C17H15ClN4O2S. The van der Waals surface area contributed by atoms with Gasteiger partial charge in [0.1, 0.15) is 11.6 Å². The molecule has 0 saturated heterocycles. The molecule has 0 fully saturated rings. The smallest absolute Gasteiger partial charge is 0.280 e. The summed E-state index contributed by atoms with van der Waals surface area (Å²) in [5, 5.41) is 0.366. The van der Waals surface area contributed by atoms with Crippen molar-refractivity contribution >= 4 is 33.3 Å². The van der Waals surface area contributed by atoms with Gasteiger partial charge in [-0.15, -0.1) is 0 Å². The van der Waals surface area contributed by atoms with E-state index < -0.39 is 10.0 Å². The molecule has 6 nitrogen and oxygen atoms in total. The van der Waals surface area contributed by atoms with Crippen LogP contribution in [0.15, 0.2) is 59.6 Å². The summed E-state index contributed by atoms with van der Waals surface area (Å²) in [5.41, 5.74) is 7.75. The van der Waals surface area contributed by atoms with Gasteiger partial charge in [-0.1, -0.05) is 41.9 Å². The Labute approximate surface area is 150 Å². The third-order valence-corrected chi connectivity index (χ3v) is 5.07. The van der Waals surface area contributed by atoms with Crippen LogP contribution in [0.4, 0.5) is 11.6 Å². The third-order valence-electron chi connectivity index (χ3n) is 3.49. The summed E-state index contributed by atoms with van der Waals surface area (Å²) in [6, 6.07) is 15.0. The SMILES string of the molecule is Cc1ccc(NS(=O)(=O)c2cccc(N)n2)nc1-c1ccccc1Cl. The van der Waals surface area contributed by atoms with Crippen molar-refractivity contribution in [2.24, 2.45) is 0 Å². The third kappa shape index (κ3) is 3.72. The molecule has 128 valence electrons. The summed E-state index contributed by atoms with van der Waals surface area (Å²) >= 11 is 6.23.